The third kappa shape index (κ3) is 6.02. The topological polar surface area (TPSA) is 94.9 Å². The third-order valence-electron chi connectivity index (χ3n) is 3.77. The quantitative estimate of drug-likeness (QED) is 0.582. The molecule has 0 spiro atoms. The molecule has 0 unspecified atom stereocenters. The molecule has 2 aromatic carbocycles. The van der Waals surface area contributed by atoms with Crippen molar-refractivity contribution in [1.82, 2.24) is 0 Å². The number of Topliss-reactive ketones (excluding diaryl/α,β-unsaturated/α-hetero) is 1. The largest absolute Gasteiger partial charge is 0.493 e. The van der Waals surface area contributed by atoms with Crippen LogP contribution in [0.4, 0.5) is 0 Å². The van der Waals surface area contributed by atoms with Gasteiger partial charge in [0.15, 0.2) is 17.3 Å². The van der Waals surface area contributed by atoms with E-state index in [1.54, 1.807) is 18.2 Å². The molecule has 146 valence electrons. The Balaban J connectivity index is 2.09. The molecule has 0 fully saturated rings. The van der Waals surface area contributed by atoms with Gasteiger partial charge >= 0.3 is 5.97 Å². The van der Waals surface area contributed by atoms with Gasteiger partial charge in [0.2, 0.25) is 5.75 Å². The highest BCUT2D eigenvalue weighted by atomic mass is 16.5. The van der Waals surface area contributed by atoms with Gasteiger partial charge in [0, 0.05) is 6.42 Å². The van der Waals surface area contributed by atoms with Gasteiger partial charge in [-0.2, -0.15) is 5.26 Å². The van der Waals surface area contributed by atoms with Gasteiger partial charge in [-0.3, -0.25) is 9.59 Å². The van der Waals surface area contributed by atoms with Crippen LogP contribution in [0.25, 0.3) is 0 Å². The van der Waals surface area contributed by atoms with E-state index in [9.17, 15) is 9.59 Å². The molecule has 0 N–H and O–H groups in total. The van der Waals surface area contributed by atoms with Crippen molar-refractivity contribution in [1.29, 1.82) is 5.26 Å². The molecule has 28 heavy (non-hydrogen) atoms. The van der Waals surface area contributed by atoms with Crippen molar-refractivity contribution in [2.75, 3.05) is 20.8 Å². The maximum atomic E-state index is 12.0. The molecule has 0 aliphatic carbocycles. The average molecular weight is 383 g/mol. The van der Waals surface area contributed by atoms with Gasteiger partial charge in [-0.15, -0.1) is 0 Å². The first-order valence-electron chi connectivity index (χ1n) is 8.53. The molecule has 0 aliphatic heterocycles. The van der Waals surface area contributed by atoms with E-state index in [0.717, 1.165) is 5.56 Å². The van der Waals surface area contributed by atoms with E-state index in [4.69, 9.17) is 24.2 Å². The average Bonchev–Trinajstić information content (AvgIpc) is 2.71. The molecule has 0 saturated heterocycles. The van der Waals surface area contributed by atoms with E-state index in [1.165, 1.54) is 14.2 Å². The second-order valence-corrected chi connectivity index (χ2v) is 5.81. The Morgan fingerprint density at radius 3 is 2.21 bits per heavy atom. The van der Waals surface area contributed by atoms with Gasteiger partial charge in [-0.25, -0.2) is 0 Å². The first kappa shape index (κ1) is 20.8. The van der Waals surface area contributed by atoms with Crippen LogP contribution in [-0.4, -0.2) is 32.6 Å². The van der Waals surface area contributed by atoms with Crippen LogP contribution in [0.2, 0.25) is 0 Å². The summed E-state index contributed by atoms with van der Waals surface area (Å²) in [6.45, 7) is -0.0575. The minimum Gasteiger partial charge on any atom is -0.493 e. The van der Waals surface area contributed by atoms with Crippen molar-refractivity contribution >= 4 is 11.8 Å². The van der Waals surface area contributed by atoms with Crippen molar-refractivity contribution in [2.45, 2.75) is 19.4 Å². The molecule has 2 aromatic rings. The van der Waals surface area contributed by atoms with E-state index in [0.29, 0.717) is 29.4 Å². The Bertz CT molecular complexity index is 832. The molecular formula is C21H21NO6. The van der Waals surface area contributed by atoms with E-state index < -0.39 is 12.6 Å². The summed E-state index contributed by atoms with van der Waals surface area (Å²) in [6, 6.07) is 14.7. The lowest BCUT2D eigenvalue weighted by Crippen LogP contribution is -2.15. The van der Waals surface area contributed by atoms with E-state index >= 15 is 0 Å². The standard InChI is InChI=1S/C21H21NO6/c1-25-18-11-16(10-17(23)14-27-20(24)8-9-22)12-19(26-2)21(18)28-13-15-6-4-3-5-7-15/h3-7,11-12H,8,10,13-14H2,1-2H3. The van der Waals surface area contributed by atoms with Crippen molar-refractivity contribution in [3.8, 4) is 23.3 Å². The minimum atomic E-state index is -0.726. The first-order valence-corrected chi connectivity index (χ1v) is 8.53. The van der Waals surface area contributed by atoms with Gasteiger partial charge in [0.25, 0.3) is 0 Å². The van der Waals surface area contributed by atoms with Gasteiger partial charge in [-0.05, 0) is 23.3 Å². The van der Waals surface area contributed by atoms with Crippen LogP contribution in [0, 0.1) is 11.3 Å². The maximum absolute atomic E-state index is 12.0. The summed E-state index contributed by atoms with van der Waals surface area (Å²) < 4.78 is 21.4. The molecule has 7 nitrogen and oxygen atoms in total. The van der Waals surface area contributed by atoms with Crippen molar-refractivity contribution < 1.29 is 28.5 Å². The normalized spacial score (nSPS) is 9.89. The summed E-state index contributed by atoms with van der Waals surface area (Å²) in [5, 5.41) is 8.42. The number of methoxy groups -OCH3 is 2. The molecule has 0 heterocycles. The number of rotatable bonds is 10. The van der Waals surface area contributed by atoms with E-state index in [-0.39, 0.29) is 18.6 Å². The molecule has 0 saturated carbocycles. The predicted octanol–water partition coefficient (Wildman–Crippen LogP) is 2.85. The number of benzene rings is 2. The van der Waals surface area contributed by atoms with Crippen molar-refractivity contribution in [3.63, 3.8) is 0 Å². The number of esters is 1. The van der Waals surface area contributed by atoms with Crippen LogP contribution in [-0.2, 0) is 27.4 Å². The molecule has 0 aliphatic rings. The van der Waals surface area contributed by atoms with Gasteiger partial charge in [-0.1, -0.05) is 30.3 Å². The Hall–Kier alpha value is -3.53. The highest BCUT2D eigenvalue weighted by Gasteiger charge is 2.17. The van der Waals surface area contributed by atoms with E-state index in [1.807, 2.05) is 30.3 Å². The highest BCUT2D eigenvalue weighted by molar-refractivity contribution is 5.85. The Kier molecular flexibility index (Phi) is 7.85. The molecular weight excluding hydrogens is 362 g/mol. The van der Waals surface area contributed by atoms with Crippen LogP contribution in [0.3, 0.4) is 0 Å². The zero-order chi connectivity index (χ0) is 20.4. The lowest BCUT2D eigenvalue weighted by atomic mass is 10.1. The monoisotopic (exact) mass is 383 g/mol. The number of nitrogens with zero attached hydrogens (tertiary/aromatic N) is 1. The van der Waals surface area contributed by atoms with Gasteiger partial charge in [0.1, 0.15) is 19.6 Å². The summed E-state index contributed by atoms with van der Waals surface area (Å²) in [7, 11) is 3.00. The minimum absolute atomic E-state index is 0.0194. The van der Waals surface area contributed by atoms with Crippen LogP contribution in [0.1, 0.15) is 17.5 Å². The number of hydrogen-bond acceptors (Lipinski definition) is 7. The van der Waals surface area contributed by atoms with Gasteiger partial charge < -0.3 is 18.9 Å². The lowest BCUT2D eigenvalue weighted by molar-refractivity contribution is -0.146. The summed E-state index contributed by atoms with van der Waals surface area (Å²) in [5.41, 5.74) is 1.62. The van der Waals surface area contributed by atoms with Crippen LogP contribution >= 0.6 is 0 Å². The van der Waals surface area contributed by atoms with Gasteiger partial charge in [0.05, 0.1) is 20.3 Å². The fraction of sp³-hybridized carbons (Fsp3) is 0.286. The number of carbonyl (C=O) groups excluding carboxylic acids is 2. The summed E-state index contributed by atoms with van der Waals surface area (Å²) in [4.78, 5) is 23.2. The highest BCUT2D eigenvalue weighted by Crippen LogP contribution is 2.39. The predicted molar refractivity (Wildman–Crippen MR) is 100 cm³/mol. The Morgan fingerprint density at radius 2 is 1.64 bits per heavy atom. The van der Waals surface area contributed by atoms with Crippen LogP contribution in [0.15, 0.2) is 42.5 Å². The number of nitriles is 1. The maximum Gasteiger partial charge on any atom is 0.320 e. The molecule has 0 bridgehead atoms. The van der Waals surface area contributed by atoms with Crippen LogP contribution < -0.4 is 14.2 Å². The van der Waals surface area contributed by atoms with Crippen molar-refractivity contribution in [2.24, 2.45) is 0 Å². The molecule has 0 radical (unpaired) electrons. The lowest BCUT2D eigenvalue weighted by Gasteiger charge is -2.16. The molecule has 7 heteroatoms. The smallest absolute Gasteiger partial charge is 0.320 e. The summed E-state index contributed by atoms with van der Waals surface area (Å²) in [5.74, 6) is 0.258. The molecule has 2 rings (SSSR count). The van der Waals surface area contributed by atoms with E-state index in [2.05, 4.69) is 0 Å². The number of carbonyl (C=O) groups is 2. The molecule has 0 amide bonds. The SMILES string of the molecule is COc1cc(CC(=O)COC(=O)CC#N)cc(OC)c1OCc1ccccc1. The first-order chi connectivity index (χ1) is 13.6. The Labute approximate surface area is 163 Å². The fourth-order valence-corrected chi connectivity index (χ4v) is 2.46. The number of hydrogen-bond donors (Lipinski definition) is 0. The fourth-order valence-electron chi connectivity index (χ4n) is 2.46. The number of ketones is 1. The second-order valence-electron chi connectivity index (χ2n) is 5.81. The molecule has 0 atom stereocenters. The zero-order valence-corrected chi connectivity index (χ0v) is 15.8. The summed E-state index contributed by atoms with van der Waals surface area (Å²) in [6.07, 6.45) is -0.367. The van der Waals surface area contributed by atoms with Crippen LogP contribution in [0.5, 0.6) is 17.2 Å². The Morgan fingerprint density at radius 1 is 1.00 bits per heavy atom. The zero-order valence-electron chi connectivity index (χ0n) is 15.8. The molecule has 0 aromatic heterocycles. The third-order valence-corrected chi connectivity index (χ3v) is 3.77. The summed E-state index contributed by atoms with van der Waals surface area (Å²) >= 11 is 0. The van der Waals surface area contributed by atoms with Crippen molar-refractivity contribution in [3.05, 3.63) is 53.6 Å². The second kappa shape index (κ2) is 10.6. The number of ether oxygens (including phenoxy) is 4.